The molecular weight excluding hydrogens is 404 g/mol. The minimum atomic E-state index is -0.517. The van der Waals surface area contributed by atoms with E-state index in [1.807, 2.05) is 6.07 Å². The highest BCUT2D eigenvalue weighted by Gasteiger charge is 2.20. The molecule has 0 heterocycles. The Balaban J connectivity index is 2.57. The van der Waals surface area contributed by atoms with Crippen LogP contribution in [0.15, 0.2) is 39.3 Å². The van der Waals surface area contributed by atoms with Gasteiger partial charge in [0.25, 0.3) is 0 Å². The summed E-state index contributed by atoms with van der Waals surface area (Å²) in [5.74, 6) is 0.387. The van der Waals surface area contributed by atoms with Crippen molar-refractivity contribution in [1.82, 2.24) is 0 Å². The number of nitriles is 1. The summed E-state index contributed by atoms with van der Waals surface area (Å²) in [6, 6.07) is 9.97. The Labute approximate surface area is 137 Å². The molecule has 0 amide bonds. The van der Waals surface area contributed by atoms with Crippen molar-refractivity contribution in [2.75, 3.05) is 0 Å². The second-order valence-electron chi connectivity index (χ2n) is 4.18. The fraction of sp³-hybridized carbons (Fsp3) is 0.0714. The Kier molecular flexibility index (Phi) is 4.60. The van der Waals surface area contributed by atoms with Crippen molar-refractivity contribution < 1.29 is 9.66 Å². The van der Waals surface area contributed by atoms with Gasteiger partial charge in [0.1, 0.15) is 11.8 Å². The maximum absolute atomic E-state index is 11.2. The van der Waals surface area contributed by atoms with E-state index in [9.17, 15) is 10.1 Å². The number of nitrogens with zero attached hydrogens (tertiary/aromatic N) is 2. The van der Waals surface area contributed by atoms with Crippen LogP contribution in [0.4, 0.5) is 5.69 Å². The zero-order valence-corrected chi connectivity index (χ0v) is 13.9. The second kappa shape index (κ2) is 6.24. The number of rotatable bonds is 3. The van der Waals surface area contributed by atoms with Crippen LogP contribution in [0.25, 0.3) is 0 Å². The van der Waals surface area contributed by atoms with E-state index in [0.717, 1.165) is 0 Å². The summed E-state index contributed by atoms with van der Waals surface area (Å²) in [6.07, 6.45) is 0. The molecule has 2 aromatic rings. The van der Waals surface area contributed by atoms with Gasteiger partial charge in [-0.05, 0) is 36.8 Å². The highest BCUT2D eigenvalue weighted by Crippen LogP contribution is 2.38. The van der Waals surface area contributed by atoms with Crippen LogP contribution in [0.3, 0.4) is 0 Å². The molecule has 21 heavy (non-hydrogen) atoms. The van der Waals surface area contributed by atoms with E-state index in [1.165, 1.54) is 6.07 Å². The van der Waals surface area contributed by atoms with E-state index >= 15 is 0 Å². The van der Waals surface area contributed by atoms with Crippen molar-refractivity contribution in [1.29, 1.82) is 5.26 Å². The Morgan fingerprint density at radius 2 is 1.95 bits per heavy atom. The first-order valence-electron chi connectivity index (χ1n) is 5.74. The topological polar surface area (TPSA) is 76.2 Å². The molecule has 5 nitrogen and oxygen atoms in total. The van der Waals surface area contributed by atoms with E-state index in [4.69, 9.17) is 10.00 Å². The van der Waals surface area contributed by atoms with Crippen molar-refractivity contribution in [2.24, 2.45) is 0 Å². The van der Waals surface area contributed by atoms with E-state index < -0.39 is 4.92 Å². The van der Waals surface area contributed by atoms with Gasteiger partial charge in [-0.2, -0.15) is 5.26 Å². The van der Waals surface area contributed by atoms with Crippen LogP contribution in [0.1, 0.15) is 11.1 Å². The van der Waals surface area contributed by atoms with Crippen molar-refractivity contribution in [2.45, 2.75) is 6.92 Å². The second-order valence-corrected chi connectivity index (χ2v) is 6.01. The maximum atomic E-state index is 11.2. The highest BCUT2D eigenvalue weighted by molar-refractivity contribution is 9.10. The van der Waals surface area contributed by atoms with Gasteiger partial charge < -0.3 is 4.74 Å². The molecule has 0 atom stereocenters. The smallest absolute Gasteiger partial charge is 0.312 e. The van der Waals surface area contributed by atoms with Gasteiger partial charge in [-0.1, -0.05) is 31.9 Å². The lowest BCUT2D eigenvalue weighted by Gasteiger charge is -2.11. The van der Waals surface area contributed by atoms with Crippen LogP contribution < -0.4 is 4.74 Å². The molecule has 0 aliphatic rings. The molecule has 2 aromatic carbocycles. The third kappa shape index (κ3) is 3.40. The first kappa shape index (κ1) is 15.5. The van der Waals surface area contributed by atoms with Crippen LogP contribution in [0.2, 0.25) is 0 Å². The molecule has 7 heteroatoms. The molecule has 0 unspecified atom stereocenters. The Morgan fingerprint density at radius 1 is 1.24 bits per heavy atom. The van der Waals surface area contributed by atoms with Crippen LogP contribution >= 0.6 is 31.9 Å². The summed E-state index contributed by atoms with van der Waals surface area (Å²) in [6.45, 7) is 1.71. The number of ether oxygens (including phenoxy) is 1. The molecule has 0 fully saturated rings. The minimum Gasteiger partial charge on any atom is -0.448 e. The lowest BCUT2D eigenvalue weighted by molar-refractivity contribution is -0.385. The normalized spacial score (nSPS) is 10.0. The average molecular weight is 412 g/mol. The average Bonchev–Trinajstić information content (AvgIpc) is 2.41. The number of hydrogen-bond acceptors (Lipinski definition) is 4. The number of hydrogen-bond donors (Lipinski definition) is 0. The van der Waals surface area contributed by atoms with Crippen molar-refractivity contribution in [3.63, 3.8) is 0 Å². The SMILES string of the molecule is Cc1cc(Br)cc([N+](=O)[O-])c1Oc1cc(Br)ccc1C#N. The molecule has 0 saturated heterocycles. The quantitative estimate of drug-likeness (QED) is 0.520. The van der Waals surface area contributed by atoms with E-state index in [-0.39, 0.29) is 17.2 Å². The van der Waals surface area contributed by atoms with Gasteiger partial charge in [-0.3, -0.25) is 10.1 Å². The molecule has 0 spiro atoms. The van der Waals surface area contributed by atoms with Crippen molar-refractivity contribution in [3.8, 4) is 17.6 Å². The fourth-order valence-corrected chi connectivity index (χ4v) is 2.66. The van der Waals surface area contributed by atoms with Gasteiger partial charge in [0.05, 0.1) is 10.5 Å². The largest absolute Gasteiger partial charge is 0.448 e. The standard InChI is InChI=1S/C14H8Br2N2O3/c1-8-4-11(16)5-12(18(19)20)14(8)21-13-6-10(15)3-2-9(13)7-17/h2-6H,1H3. The lowest BCUT2D eigenvalue weighted by Crippen LogP contribution is -1.97. The Morgan fingerprint density at radius 3 is 2.57 bits per heavy atom. The third-order valence-electron chi connectivity index (χ3n) is 2.69. The maximum Gasteiger partial charge on any atom is 0.312 e. The Hall–Kier alpha value is -1.91. The predicted molar refractivity (Wildman–Crippen MR) is 84.5 cm³/mol. The number of nitro benzene ring substituents is 1. The molecule has 0 aliphatic carbocycles. The van der Waals surface area contributed by atoms with Gasteiger partial charge >= 0.3 is 5.69 Å². The van der Waals surface area contributed by atoms with E-state index in [0.29, 0.717) is 20.1 Å². The van der Waals surface area contributed by atoms with Crippen LogP contribution in [-0.2, 0) is 0 Å². The zero-order chi connectivity index (χ0) is 15.6. The summed E-state index contributed by atoms with van der Waals surface area (Å²) in [7, 11) is 0. The number of benzene rings is 2. The number of halogens is 2. The Bertz CT molecular complexity index is 770. The molecule has 0 aliphatic heterocycles. The van der Waals surface area contributed by atoms with Gasteiger partial charge in [0, 0.05) is 15.0 Å². The molecule has 0 N–H and O–H groups in total. The van der Waals surface area contributed by atoms with Crippen LogP contribution in [0.5, 0.6) is 11.5 Å². The fourth-order valence-electron chi connectivity index (χ4n) is 1.76. The van der Waals surface area contributed by atoms with Crippen molar-refractivity contribution in [3.05, 3.63) is 60.5 Å². The third-order valence-corrected chi connectivity index (χ3v) is 3.64. The first-order chi connectivity index (χ1) is 9.92. The summed E-state index contributed by atoms with van der Waals surface area (Å²) in [5, 5.41) is 20.3. The highest BCUT2D eigenvalue weighted by atomic mass is 79.9. The zero-order valence-electron chi connectivity index (χ0n) is 10.8. The molecule has 0 radical (unpaired) electrons. The summed E-state index contributed by atoms with van der Waals surface area (Å²) in [4.78, 5) is 10.7. The number of nitro groups is 1. The molecule has 106 valence electrons. The summed E-state index contributed by atoms with van der Waals surface area (Å²) >= 11 is 6.51. The first-order valence-corrected chi connectivity index (χ1v) is 7.33. The molecular formula is C14H8Br2N2O3. The van der Waals surface area contributed by atoms with E-state index in [1.54, 1.807) is 31.2 Å². The van der Waals surface area contributed by atoms with Gasteiger partial charge in [0.2, 0.25) is 5.75 Å². The van der Waals surface area contributed by atoms with Crippen molar-refractivity contribution >= 4 is 37.5 Å². The lowest BCUT2D eigenvalue weighted by atomic mass is 10.2. The van der Waals surface area contributed by atoms with Gasteiger partial charge in [0.15, 0.2) is 0 Å². The van der Waals surface area contributed by atoms with Crippen LogP contribution in [0, 0.1) is 28.4 Å². The van der Waals surface area contributed by atoms with Crippen LogP contribution in [-0.4, -0.2) is 4.92 Å². The predicted octanol–water partition coefficient (Wildman–Crippen LogP) is 5.09. The van der Waals surface area contributed by atoms with Gasteiger partial charge in [-0.15, -0.1) is 0 Å². The summed E-state index contributed by atoms with van der Waals surface area (Å²) < 4.78 is 6.95. The molecule has 0 bridgehead atoms. The summed E-state index contributed by atoms with van der Waals surface area (Å²) in [5.41, 5.74) is 0.737. The monoisotopic (exact) mass is 410 g/mol. The number of aryl methyl sites for hydroxylation is 1. The van der Waals surface area contributed by atoms with E-state index in [2.05, 4.69) is 31.9 Å². The van der Waals surface area contributed by atoms with Gasteiger partial charge in [-0.25, -0.2) is 0 Å². The molecule has 0 aromatic heterocycles. The minimum absolute atomic E-state index is 0.123. The molecule has 2 rings (SSSR count). The molecule has 0 saturated carbocycles.